The van der Waals surface area contributed by atoms with E-state index in [4.69, 9.17) is 39.9 Å². The molecule has 4 rings (SSSR count). The molecule has 4 aromatic rings. The average molecular weight is 517 g/mol. The van der Waals surface area contributed by atoms with Gasteiger partial charge in [0.2, 0.25) is 11.5 Å². The van der Waals surface area contributed by atoms with E-state index < -0.39 is 0 Å². The average Bonchev–Trinajstić information content (AvgIpc) is 2.94. The maximum absolute atomic E-state index is 6.10. The van der Waals surface area contributed by atoms with Gasteiger partial charge < -0.3 is 39.9 Å². The van der Waals surface area contributed by atoms with Crippen LogP contribution in [0.2, 0.25) is 0 Å². The molecule has 8 heteroatoms. The molecule has 8 nitrogen and oxygen atoms in total. The molecule has 0 heterocycles. The fourth-order valence-corrected chi connectivity index (χ4v) is 4.00. The molecule has 0 saturated heterocycles. The summed E-state index contributed by atoms with van der Waals surface area (Å²) >= 11 is 0. The van der Waals surface area contributed by atoms with Crippen molar-refractivity contribution in [1.29, 1.82) is 0 Å². The van der Waals surface area contributed by atoms with Crippen molar-refractivity contribution in [1.82, 2.24) is 0 Å². The lowest BCUT2D eigenvalue weighted by atomic mass is 9.92. The van der Waals surface area contributed by atoms with Gasteiger partial charge in [-0.15, -0.1) is 0 Å². The van der Waals surface area contributed by atoms with Crippen molar-refractivity contribution in [2.45, 2.75) is 12.8 Å². The summed E-state index contributed by atoms with van der Waals surface area (Å²) in [6, 6.07) is 21.9. The minimum atomic E-state index is -0.0863. The summed E-state index contributed by atoms with van der Waals surface area (Å²) in [4.78, 5) is 0. The van der Waals surface area contributed by atoms with Crippen molar-refractivity contribution < 1.29 is 28.4 Å². The number of ether oxygens (including phenoxy) is 6. The third-order valence-electron chi connectivity index (χ3n) is 6.17. The first-order valence-corrected chi connectivity index (χ1v) is 12.0. The van der Waals surface area contributed by atoms with Crippen LogP contribution < -0.4 is 39.9 Å². The van der Waals surface area contributed by atoms with Crippen molar-refractivity contribution in [3.8, 4) is 46.0 Å². The minimum absolute atomic E-state index is 0.0863. The smallest absolute Gasteiger partial charge is 0.211 e. The van der Waals surface area contributed by atoms with Crippen LogP contribution in [0.1, 0.15) is 24.0 Å². The lowest BCUT2D eigenvalue weighted by Gasteiger charge is -2.21. The summed E-state index contributed by atoms with van der Waals surface area (Å²) < 4.78 is 34.9. The Morgan fingerprint density at radius 2 is 0.789 bits per heavy atom. The quantitative estimate of drug-likeness (QED) is 0.226. The molecule has 0 radical (unpaired) electrons. The SMILES string of the molecule is COc1cc(C(C)c2cc(OC)c(Oc3ccc(N)cc3)c(OC)c2)cc(OC)c1Oc1ccc(N)cc1. The minimum Gasteiger partial charge on any atom is -0.493 e. The molecule has 0 aliphatic carbocycles. The van der Waals surface area contributed by atoms with Crippen molar-refractivity contribution in [2.24, 2.45) is 0 Å². The predicted molar refractivity (Wildman–Crippen MR) is 148 cm³/mol. The van der Waals surface area contributed by atoms with Gasteiger partial charge in [-0.25, -0.2) is 0 Å². The lowest BCUT2D eigenvalue weighted by molar-refractivity contribution is 0.344. The Morgan fingerprint density at radius 1 is 0.500 bits per heavy atom. The van der Waals surface area contributed by atoms with E-state index in [0.717, 1.165) is 11.1 Å². The highest BCUT2D eigenvalue weighted by Crippen LogP contribution is 2.47. The first kappa shape index (κ1) is 26.3. The van der Waals surface area contributed by atoms with Crippen molar-refractivity contribution in [3.63, 3.8) is 0 Å². The Labute approximate surface area is 222 Å². The number of methoxy groups -OCH3 is 4. The number of nitrogen functional groups attached to an aromatic ring is 2. The predicted octanol–water partition coefficient (Wildman–Crippen LogP) is 6.62. The molecular weight excluding hydrogens is 484 g/mol. The lowest BCUT2D eigenvalue weighted by Crippen LogP contribution is -2.03. The van der Waals surface area contributed by atoms with Gasteiger partial charge in [0, 0.05) is 17.3 Å². The molecule has 0 amide bonds. The van der Waals surface area contributed by atoms with Crippen molar-refractivity contribution in [2.75, 3.05) is 39.9 Å². The van der Waals surface area contributed by atoms with Crippen molar-refractivity contribution >= 4 is 11.4 Å². The fourth-order valence-electron chi connectivity index (χ4n) is 4.00. The van der Waals surface area contributed by atoms with E-state index in [1.165, 1.54) is 0 Å². The first-order chi connectivity index (χ1) is 18.4. The number of anilines is 2. The molecule has 0 atom stereocenters. The van der Waals surface area contributed by atoms with E-state index in [1.54, 1.807) is 77.0 Å². The van der Waals surface area contributed by atoms with E-state index in [1.807, 2.05) is 24.3 Å². The molecule has 0 aromatic heterocycles. The van der Waals surface area contributed by atoms with Crippen LogP contribution in [0.15, 0.2) is 72.8 Å². The number of hydrogen-bond acceptors (Lipinski definition) is 8. The number of hydrogen-bond donors (Lipinski definition) is 2. The van der Waals surface area contributed by atoms with Gasteiger partial charge in [0.15, 0.2) is 23.0 Å². The molecule has 0 aliphatic heterocycles. The van der Waals surface area contributed by atoms with Crippen LogP contribution in [0.3, 0.4) is 0 Å². The second kappa shape index (κ2) is 11.6. The normalized spacial score (nSPS) is 10.7. The van der Waals surface area contributed by atoms with Crippen LogP contribution in [0.5, 0.6) is 46.0 Å². The van der Waals surface area contributed by atoms with E-state index >= 15 is 0 Å². The Bertz CT molecular complexity index is 1230. The molecule has 0 fully saturated rings. The van der Waals surface area contributed by atoms with Gasteiger partial charge in [-0.1, -0.05) is 6.92 Å². The molecule has 38 heavy (non-hydrogen) atoms. The van der Waals surface area contributed by atoms with Gasteiger partial charge in [-0.2, -0.15) is 0 Å². The van der Waals surface area contributed by atoms with E-state index in [-0.39, 0.29) is 5.92 Å². The van der Waals surface area contributed by atoms with E-state index in [0.29, 0.717) is 57.4 Å². The van der Waals surface area contributed by atoms with Crippen LogP contribution in [0.25, 0.3) is 0 Å². The molecule has 0 saturated carbocycles. The Hall–Kier alpha value is -4.72. The maximum atomic E-state index is 6.10. The van der Waals surface area contributed by atoms with Gasteiger partial charge in [-0.05, 0) is 83.9 Å². The summed E-state index contributed by atoms with van der Waals surface area (Å²) in [6.07, 6.45) is 0. The largest absolute Gasteiger partial charge is 0.493 e. The third-order valence-corrected chi connectivity index (χ3v) is 6.17. The topological polar surface area (TPSA) is 107 Å². The molecule has 0 spiro atoms. The first-order valence-electron chi connectivity index (χ1n) is 12.0. The number of rotatable bonds is 10. The van der Waals surface area contributed by atoms with E-state index in [9.17, 15) is 0 Å². The highest BCUT2D eigenvalue weighted by atomic mass is 16.5. The van der Waals surface area contributed by atoms with Crippen LogP contribution in [0, 0.1) is 0 Å². The second-order valence-electron chi connectivity index (χ2n) is 8.57. The zero-order valence-corrected chi connectivity index (χ0v) is 22.1. The molecule has 4 N–H and O–H groups in total. The van der Waals surface area contributed by atoms with Crippen molar-refractivity contribution in [3.05, 3.63) is 83.9 Å². The highest BCUT2D eigenvalue weighted by molar-refractivity contribution is 5.60. The van der Waals surface area contributed by atoms with Crippen LogP contribution in [-0.4, -0.2) is 28.4 Å². The summed E-state index contributed by atoms with van der Waals surface area (Å²) in [5.74, 6) is 4.21. The molecule has 0 bridgehead atoms. The molecule has 4 aromatic carbocycles. The van der Waals surface area contributed by atoms with Gasteiger partial charge >= 0.3 is 0 Å². The summed E-state index contributed by atoms with van der Waals surface area (Å²) in [6.45, 7) is 2.07. The summed E-state index contributed by atoms with van der Waals surface area (Å²) in [5, 5.41) is 0. The van der Waals surface area contributed by atoms with Gasteiger partial charge in [0.1, 0.15) is 11.5 Å². The standard InChI is InChI=1S/C30H32N2O6/c1-18(19-14-25(33-2)29(26(15-19)34-3)37-23-10-6-21(31)7-11-23)20-16-27(35-4)30(28(17-20)36-5)38-24-12-8-22(32)9-13-24/h6-18H,31-32H2,1-5H3. The van der Waals surface area contributed by atoms with Gasteiger partial charge in [0.25, 0.3) is 0 Å². The Balaban J connectivity index is 1.70. The molecular formula is C30H32N2O6. The van der Waals surface area contributed by atoms with E-state index in [2.05, 4.69) is 6.92 Å². The molecule has 0 aliphatic rings. The highest BCUT2D eigenvalue weighted by Gasteiger charge is 2.22. The van der Waals surface area contributed by atoms with Crippen LogP contribution in [0.4, 0.5) is 11.4 Å². The third kappa shape index (κ3) is 5.64. The van der Waals surface area contributed by atoms with Crippen LogP contribution in [-0.2, 0) is 0 Å². The zero-order chi connectivity index (χ0) is 27.2. The Morgan fingerprint density at radius 3 is 1.05 bits per heavy atom. The number of nitrogens with two attached hydrogens (primary N) is 2. The van der Waals surface area contributed by atoms with Gasteiger partial charge in [-0.3, -0.25) is 0 Å². The number of benzene rings is 4. The monoisotopic (exact) mass is 516 g/mol. The Kier molecular flexibility index (Phi) is 8.01. The van der Waals surface area contributed by atoms with Crippen LogP contribution >= 0.6 is 0 Å². The zero-order valence-electron chi connectivity index (χ0n) is 22.1. The summed E-state index contributed by atoms with van der Waals surface area (Å²) in [5.41, 5.74) is 14.8. The molecule has 198 valence electrons. The second-order valence-corrected chi connectivity index (χ2v) is 8.57. The maximum Gasteiger partial charge on any atom is 0.211 e. The fraction of sp³-hybridized carbons (Fsp3) is 0.200. The van der Waals surface area contributed by atoms with Gasteiger partial charge in [0.05, 0.1) is 28.4 Å². The molecule has 0 unspecified atom stereocenters. The summed E-state index contributed by atoms with van der Waals surface area (Å²) in [7, 11) is 6.37.